The zero-order valence-electron chi connectivity index (χ0n) is 10.9. The highest BCUT2D eigenvalue weighted by molar-refractivity contribution is 14.1. The Morgan fingerprint density at radius 3 is 2.60 bits per heavy atom. The van der Waals surface area contributed by atoms with Crippen LogP contribution in [0.1, 0.15) is 23.7 Å². The van der Waals surface area contributed by atoms with Gasteiger partial charge in [-0.05, 0) is 47.7 Å². The van der Waals surface area contributed by atoms with E-state index in [1.165, 1.54) is 0 Å². The van der Waals surface area contributed by atoms with Gasteiger partial charge in [0.05, 0.1) is 6.42 Å². The molecule has 0 saturated carbocycles. The van der Waals surface area contributed by atoms with Crippen LogP contribution >= 0.6 is 22.6 Å². The van der Waals surface area contributed by atoms with E-state index in [9.17, 15) is 14.4 Å². The van der Waals surface area contributed by atoms with E-state index in [2.05, 4.69) is 33.2 Å². The lowest BCUT2D eigenvalue weighted by Gasteiger charge is -2.16. The van der Waals surface area contributed by atoms with E-state index in [1.54, 1.807) is 25.1 Å². The van der Waals surface area contributed by atoms with Crippen LogP contribution in [-0.4, -0.2) is 35.5 Å². The molecule has 0 aliphatic heterocycles. The number of benzene rings is 1. The van der Waals surface area contributed by atoms with Crippen LogP contribution < -0.4 is 10.6 Å². The Hall–Kier alpha value is -1.64. The molecule has 108 valence electrons. The van der Waals surface area contributed by atoms with Gasteiger partial charge in [0.15, 0.2) is 0 Å². The van der Waals surface area contributed by atoms with Gasteiger partial charge in [-0.3, -0.25) is 14.4 Å². The summed E-state index contributed by atoms with van der Waals surface area (Å²) in [5.74, 6) is -2.13. The highest BCUT2D eigenvalue weighted by Gasteiger charge is 2.23. The fourth-order valence-corrected chi connectivity index (χ4v) is 2.10. The number of carboxylic acids is 1. The van der Waals surface area contributed by atoms with Gasteiger partial charge in [-0.1, -0.05) is 6.07 Å². The molecular formula is C13H15IN2O4. The monoisotopic (exact) mass is 390 g/mol. The van der Waals surface area contributed by atoms with Gasteiger partial charge in [0.25, 0.3) is 5.91 Å². The molecule has 1 aromatic rings. The maximum absolute atomic E-state index is 12.0. The largest absolute Gasteiger partial charge is 0.481 e. The van der Waals surface area contributed by atoms with Gasteiger partial charge in [-0.2, -0.15) is 0 Å². The predicted octanol–water partition coefficient (Wildman–Crippen LogP) is 1.00. The molecule has 7 heteroatoms. The fraction of sp³-hybridized carbons (Fsp3) is 0.308. The SMILES string of the molecule is CCNC(=O)[C@H](CC(=O)O)NC(=O)c1cccc(I)c1. The third-order valence-corrected chi connectivity index (χ3v) is 3.11. The van der Waals surface area contributed by atoms with Gasteiger partial charge < -0.3 is 15.7 Å². The molecule has 0 radical (unpaired) electrons. The normalized spacial score (nSPS) is 11.5. The standard InChI is InChI=1S/C13H15IN2O4/c1-2-15-13(20)10(7-11(17)18)16-12(19)8-4-3-5-9(14)6-8/h3-6,10H,2,7H2,1H3,(H,15,20)(H,16,19)(H,17,18)/t10-/m0/s1. The summed E-state index contributed by atoms with van der Waals surface area (Å²) in [7, 11) is 0. The summed E-state index contributed by atoms with van der Waals surface area (Å²) in [5, 5.41) is 13.7. The van der Waals surface area contributed by atoms with Gasteiger partial charge in [-0.15, -0.1) is 0 Å². The molecule has 0 aromatic heterocycles. The summed E-state index contributed by atoms with van der Waals surface area (Å²) < 4.78 is 0.878. The minimum atomic E-state index is -1.15. The van der Waals surface area contributed by atoms with Gasteiger partial charge in [0, 0.05) is 15.7 Å². The quantitative estimate of drug-likeness (QED) is 0.632. The van der Waals surface area contributed by atoms with Crippen molar-refractivity contribution in [1.82, 2.24) is 10.6 Å². The van der Waals surface area contributed by atoms with Crippen molar-refractivity contribution >= 4 is 40.4 Å². The number of halogens is 1. The summed E-state index contributed by atoms with van der Waals surface area (Å²) in [6.45, 7) is 2.09. The average molecular weight is 390 g/mol. The van der Waals surface area contributed by atoms with Gasteiger partial charge in [-0.25, -0.2) is 0 Å². The van der Waals surface area contributed by atoms with Gasteiger partial charge in [0.1, 0.15) is 6.04 Å². The highest BCUT2D eigenvalue weighted by atomic mass is 127. The van der Waals surface area contributed by atoms with E-state index in [4.69, 9.17) is 5.11 Å². The molecule has 0 heterocycles. The maximum atomic E-state index is 12.0. The highest BCUT2D eigenvalue weighted by Crippen LogP contribution is 2.08. The lowest BCUT2D eigenvalue weighted by Crippen LogP contribution is -2.47. The third-order valence-electron chi connectivity index (χ3n) is 2.44. The first kappa shape index (κ1) is 16.4. The molecule has 0 aliphatic rings. The van der Waals surface area contributed by atoms with E-state index in [1.807, 2.05) is 6.07 Å². The number of rotatable bonds is 6. The number of amides is 2. The summed E-state index contributed by atoms with van der Waals surface area (Å²) in [4.78, 5) is 34.5. The van der Waals surface area contributed by atoms with E-state index in [0.29, 0.717) is 12.1 Å². The fourth-order valence-electron chi connectivity index (χ4n) is 1.55. The first-order valence-corrected chi connectivity index (χ1v) is 7.07. The zero-order valence-corrected chi connectivity index (χ0v) is 13.0. The van der Waals surface area contributed by atoms with E-state index < -0.39 is 30.2 Å². The summed E-state index contributed by atoms with van der Waals surface area (Å²) in [5.41, 5.74) is 0.386. The van der Waals surface area contributed by atoms with Crippen molar-refractivity contribution < 1.29 is 19.5 Å². The Labute approximate surface area is 130 Å². The van der Waals surface area contributed by atoms with Crippen LogP contribution in [0.2, 0.25) is 0 Å². The number of hydrogen-bond donors (Lipinski definition) is 3. The Kier molecular flexibility index (Phi) is 6.43. The molecule has 0 saturated heterocycles. The molecule has 6 nitrogen and oxygen atoms in total. The van der Waals surface area contributed by atoms with Crippen molar-refractivity contribution in [2.45, 2.75) is 19.4 Å². The van der Waals surface area contributed by atoms with Gasteiger partial charge in [0.2, 0.25) is 5.91 Å². The van der Waals surface area contributed by atoms with E-state index in [-0.39, 0.29) is 0 Å². The van der Waals surface area contributed by atoms with Crippen molar-refractivity contribution in [1.29, 1.82) is 0 Å². The number of carboxylic acid groups (broad SMARTS) is 1. The van der Waals surface area contributed by atoms with Crippen LogP contribution in [0.15, 0.2) is 24.3 Å². The predicted molar refractivity (Wildman–Crippen MR) is 81.3 cm³/mol. The second kappa shape index (κ2) is 7.83. The Balaban J connectivity index is 2.80. The van der Waals surface area contributed by atoms with Crippen molar-refractivity contribution in [2.24, 2.45) is 0 Å². The van der Waals surface area contributed by atoms with Crippen molar-refractivity contribution in [3.63, 3.8) is 0 Å². The van der Waals surface area contributed by atoms with Crippen molar-refractivity contribution in [2.75, 3.05) is 6.54 Å². The molecule has 1 atom stereocenters. The molecule has 2 amide bonds. The van der Waals surface area contributed by atoms with Crippen LogP contribution in [0.4, 0.5) is 0 Å². The number of nitrogens with one attached hydrogen (secondary N) is 2. The van der Waals surface area contributed by atoms with Crippen LogP contribution in [0.5, 0.6) is 0 Å². The molecule has 1 rings (SSSR count). The number of carbonyl (C=O) groups is 3. The van der Waals surface area contributed by atoms with Gasteiger partial charge >= 0.3 is 5.97 Å². The Morgan fingerprint density at radius 1 is 1.35 bits per heavy atom. The summed E-state index contributed by atoms with van der Waals surface area (Å²) in [6, 6.07) is 5.72. The second-order valence-corrected chi connectivity index (χ2v) is 5.27. The zero-order chi connectivity index (χ0) is 15.1. The molecule has 20 heavy (non-hydrogen) atoms. The summed E-state index contributed by atoms with van der Waals surface area (Å²) >= 11 is 2.07. The first-order valence-electron chi connectivity index (χ1n) is 6.00. The molecule has 0 aliphatic carbocycles. The van der Waals surface area contributed by atoms with Crippen LogP contribution in [0.3, 0.4) is 0 Å². The molecular weight excluding hydrogens is 375 g/mol. The number of hydrogen-bond acceptors (Lipinski definition) is 3. The first-order chi connectivity index (χ1) is 9.43. The maximum Gasteiger partial charge on any atom is 0.305 e. The summed E-state index contributed by atoms with van der Waals surface area (Å²) in [6.07, 6.45) is -0.457. The smallest absolute Gasteiger partial charge is 0.305 e. The third kappa shape index (κ3) is 5.16. The van der Waals surface area contributed by atoms with E-state index in [0.717, 1.165) is 3.57 Å². The van der Waals surface area contributed by atoms with Crippen molar-refractivity contribution in [3.8, 4) is 0 Å². The van der Waals surface area contributed by atoms with Crippen LogP contribution in [0, 0.1) is 3.57 Å². The minimum absolute atomic E-state index is 0.369. The van der Waals surface area contributed by atoms with Crippen molar-refractivity contribution in [3.05, 3.63) is 33.4 Å². The molecule has 1 aromatic carbocycles. The van der Waals surface area contributed by atoms with E-state index >= 15 is 0 Å². The molecule has 3 N–H and O–H groups in total. The average Bonchev–Trinajstić information content (AvgIpc) is 2.37. The van der Waals surface area contributed by atoms with Crippen LogP contribution in [-0.2, 0) is 9.59 Å². The molecule has 0 bridgehead atoms. The number of likely N-dealkylation sites (N-methyl/N-ethyl adjacent to an activating group) is 1. The lowest BCUT2D eigenvalue weighted by atomic mass is 10.1. The minimum Gasteiger partial charge on any atom is -0.481 e. The van der Waals surface area contributed by atoms with Crippen LogP contribution in [0.25, 0.3) is 0 Å². The Morgan fingerprint density at radius 2 is 2.05 bits per heavy atom. The molecule has 0 fully saturated rings. The topological polar surface area (TPSA) is 95.5 Å². The number of carbonyl (C=O) groups excluding carboxylic acids is 2. The second-order valence-electron chi connectivity index (χ2n) is 4.03. The number of aliphatic carboxylic acids is 1. The lowest BCUT2D eigenvalue weighted by molar-refractivity contribution is -0.139. The molecule has 0 spiro atoms. The molecule has 0 unspecified atom stereocenters. The Bertz CT molecular complexity index is 519.